The van der Waals surface area contributed by atoms with Gasteiger partial charge < -0.3 is 10.1 Å². The van der Waals surface area contributed by atoms with Crippen molar-refractivity contribution in [2.75, 3.05) is 6.54 Å². The van der Waals surface area contributed by atoms with Gasteiger partial charge in [-0.15, -0.1) is 0 Å². The van der Waals surface area contributed by atoms with Gasteiger partial charge in [-0.2, -0.15) is 0 Å². The minimum Gasteiger partial charge on any atom is -0.485 e. The SMILES string of the molecule is C1=CC2Oc3cccc4c3[C@@]23CCN[C@H](C4)C3=C1. The molecular weight excluding hydrogens is 222 g/mol. The second-order valence-corrected chi connectivity index (χ2v) is 5.77. The zero-order valence-corrected chi connectivity index (χ0v) is 10.1. The number of allylic oxidation sites excluding steroid dienone is 2. The second kappa shape index (κ2) is 2.89. The molecule has 0 saturated carbocycles. The lowest BCUT2D eigenvalue weighted by molar-refractivity contribution is 0.176. The van der Waals surface area contributed by atoms with Gasteiger partial charge in [0, 0.05) is 11.6 Å². The van der Waals surface area contributed by atoms with Crippen molar-refractivity contribution in [2.24, 2.45) is 0 Å². The highest BCUT2D eigenvalue weighted by atomic mass is 16.5. The lowest BCUT2D eigenvalue weighted by Gasteiger charge is -2.49. The van der Waals surface area contributed by atoms with Gasteiger partial charge in [-0.25, -0.2) is 0 Å². The van der Waals surface area contributed by atoms with E-state index >= 15 is 0 Å². The predicted octanol–water partition coefficient (Wildman–Crippen LogP) is 2.10. The van der Waals surface area contributed by atoms with Crippen molar-refractivity contribution < 1.29 is 4.74 Å². The molecule has 0 aromatic heterocycles. The van der Waals surface area contributed by atoms with Crippen LogP contribution in [0.2, 0.25) is 0 Å². The Labute approximate surface area is 106 Å². The van der Waals surface area contributed by atoms with Crippen LogP contribution >= 0.6 is 0 Å². The van der Waals surface area contributed by atoms with E-state index in [9.17, 15) is 0 Å². The fourth-order valence-corrected chi connectivity index (χ4v) is 4.45. The fourth-order valence-electron chi connectivity index (χ4n) is 4.45. The van der Waals surface area contributed by atoms with Crippen LogP contribution in [0.25, 0.3) is 0 Å². The van der Waals surface area contributed by atoms with Crippen molar-refractivity contribution in [1.82, 2.24) is 5.32 Å². The maximum absolute atomic E-state index is 6.22. The number of hydrogen-bond donors (Lipinski definition) is 1. The maximum atomic E-state index is 6.22. The Morgan fingerprint density at radius 3 is 3.33 bits per heavy atom. The van der Waals surface area contributed by atoms with Gasteiger partial charge in [0.2, 0.25) is 0 Å². The molecule has 18 heavy (non-hydrogen) atoms. The first-order valence-corrected chi connectivity index (χ1v) is 6.81. The van der Waals surface area contributed by atoms with E-state index < -0.39 is 0 Å². The third kappa shape index (κ3) is 0.852. The molecule has 1 fully saturated rings. The molecule has 2 aliphatic heterocycles. The minimum atomic E-state index is 0.148. The summed E-state index contributed by atoms with van der Waals surface area (Å²) in [6.07, 6.45) is 9.23. The van der Waals surface area contributed by atoms with Gasteiger partial charge >= 0.3 is 0 Å². The van der Waals surface area contributed by atoms with E-state index in [1.54, 1.807) is 5.57 Å². The second-order valence-electron chi connectivity index (χ2n) is 5.77. The summed E-state index contributed by atoms with van der Waals surface area (Å²) < 4.78 is 6.22. The molecule has 0 radical (unpaired) electrons. The van der Waals surface area contributed by atoms with Crippen LogP contribution in [0.4, 0.5) is 0 Å². The van der Waals surface area contributed by atoms with Crippen molar-refractivity contribution in [3.8, 4) is 5.75 Å². The topological polar surface area (TPSA) is 21.3 Å². The van der Waals surface area contributed by atoms with Crippen molar-refractivity contribution >= 4 is 0 Å². The molecule has 1 unspecified atom stereocenters. The van der Waals surface area contributed by atoms with Gasteiger partial charge in [-0.3, -0.25) is 0 Å². The molecule has 4 aliphatic rings. The molecule has 0 amide bonds. The summed E-state index contributed by atoms with van der Waals surface area (Å²) in [6.45, 7) is 1.10. The van der Waals surface area contributed by atoms with Crippen LogP contribution < -0.4 is 10.1 Å². The monoisotopic (exact) mass is 237 g/mol. The molecule has 1 saturated heterocycles. The summed E-state index contributed by atoms with van der Waals surface area (Å²) in [5.74, 6) is 1.12. The first-order valence-electron chi connectivity index (χ1n) is 6.81. The molecule has 1 N–H and O–H groups in total. The maximum Gasteiger partial charge on any atom is 0.131 e. The molecule has 1 aromatic rings. The molecule has 5 rings (SSSR count). The first kappa shape index (κ1) is 9.40. The van der Waals surface area contributed by atoms with Crippen LogP contribution in [-0.2, 0) is 11.8 Å². The molecular formula is C16H15NO. The van der Waals surface area contributed by atoms with Crippen LogP contribution in [0.1, 0.15) is 17.5 Å². The van der Waals surface area contributed by atoms with Crippen LogP contribution in [0.5, 0.6) is 5.75 Å². The molecule has 2 nitrogen and oxygen atoms in total. The fraction of sp³-hybridized carbons (Fsp3) is 0.375. The summed E-state index contributed by atoms with van der Waals surface area (Å²) in [5.41, 5.74) is 4.68. The molecule has 2 aliphatic carbocycles. The summed E-state index contributed by atoms with van der Waals surface area (Å²) in [5, 5.41) is 3.67. The normalized spacial score (nSPS) is 37.9. The Kier molecular flexibility index (Phi) is 1.51. The molecule has 90 valence electrons. The van der Waals surface area contributed by atoms with Crippen LogP contribution in [0, 0.1) is 0 Å². The van der Waals surface area contributed by atoms with E-state index in [2.05, 4.69) is 41.7 Å². The summed E-state index contributed by atoms with van der Waals surface area (Å²) >= 11 is 0. The van der Waals surface area contributed by atoms with Gasteiger partial charge in [0.15, 0.2) is 0 Å². The Hall–Kier alpha value is -1.54. The molecule has 2 heteroatoms. The largest absolute Gasteiger partial charge is 0.485 e. The van der Waals surface area contributed by atoms with Crippen molar-refractivity contribution in [3.63, 3.8) is 0 Å². The lowest BCUT2D eigenvalue weighted by atomic mass is 9.58. The number of benzene rings is 1. The zero-order chi connectivity index (χ0) is 11.7. The van der Waals surface area contributed by atoms with Crippen molar-refractivity contribution in [2.45, 2.75) is 30.4 Å². The Bertz CT molecular complexity index is 616. The highest BCUT2D eigenvalue weighted by Gasteiger charge is 2.57. The quantitative estimate of drug-likeness (QED) is 0.746. The average molecular weight is 237 g/mol. The highest BCUT2D eigenvalue weighted by Crippen LogP contribution is 2.57. The van der Waals surface area contributed by atoms with Crippen LogP contribution in [-0.4, -0.2) is 18.7 Å². The van der Waals surface area contributed by atoms with E-state index in [1.807, 2.05) is 0 Å². The number of hydrogen-bond acceptors (Lipinski definition) is 2. The van der Waals surface area contributed by atoms with Gasteiger partial charge in [0.25, 0.3) is 0 Å². The molecule has 2 bridgehead atoms. The number of piperidine rings is 1. The van der Waals surface area contributed by atoms with E-state index in [0.29, 0.717) is 6.04 Å². The van der Waals surface area contributed by atoms with Crippen LogP contribution in [0.3, 0.4) is 0 Å². The van der Waals surface area contributed by atoms with Gasteiger partial charge in [-0.05, 0) is 42.7 Å². The molecule has 1 aromatic carbocycles. The van der Waals surface area contributed by atoms with Gasteiger partial charge in [0.05, 0.1) is 5.41 Å². The van der Waals surface area contributed by atoms with Crippen molar-refractivity contribution in [3.05, 3.63) is 53.1 Å². The van der Waals surface area contributed by atoms with E-state index in [4.69, 9.17) is 4.74 Å². The highest BCUT2D eigenvalue weighted by molar-refractivity contribution is 5.63. The number of ether oxygens (including phenoxy) is 1. The summed E-state index contributed by atoms with van der Waals surface area (Å²) in [4.78, 5) is 0. The average Bonchev–Trinajstić information content (AvgIpc) is 2.70. The molecule has 1 spiro atoms. The molecule has 3 atom stereocenters. The first-order chi connectivity index (χ1) is 8.89. The summed E-state index contributed by atoms with van der Waals surface area (Å²) in [6, 6.07) is 7.06. The zero-order valence-electron chi connectivity index (χ0n) is 10.1. The van der Waals surface area contributed by atoms with E-state index in [-0.39, 0.29) is 11.5 Å². The number of nitrogens with one attached hydrogen (secondary N) is 1. The van der Waals surface area contributed by atoms with Crippen molar-refractivity contribution in [1.29, 1.82) is 0 Å². The third-order valence-corrected chi connectivity index (χ3v) is 5.08. The van der Waals surface area contributed by atoms with Gasteiger partial charge in [-0.1, -0.05) is 24.3 Å². The van der Waals surface area contributed by atoms with Crippen LogP contribution in [0.15, 0.2) is 42.0 Å². The standard InChI is InChI=1S/C16H15NO/c1-3-10-9-12-11-4-2-6-14-16(11,7-8-17-12)15(10)13(5-1)18-14/h1-6,12,14,17H,7-9H2/t12-,14?,16-/m1/s1. The van der Waals surface area contributed by atoms with Gasteiger partial charge in [0.1, 0.15) is 11.9 Å². The summed E-state index contributed by atoms with van der Waals surface area (Å²) in [7, 11) is 0. The molecule has 2 heterocycles. The Balaban J connectivity index is 1.91. The van der Waals surface area contributed by atoms with E-state index in [1.165, 1.54) is 11.1 Å². The van der Waals surface area contributed by atoms with E-state index in [0.717, 1.165) is 25.1 Å². The Morgan fingerprint density at radius 2 is 2.33 bits per heavy atom. The predicted molar refractivity (Wildman–Crippen MR) is 69.9 cm³/mol. The number of rotatable bonds is 0. The smallest absolute Gasteiger partial charge is 0.131 e. The Morgan fingerprint density at radius 1 is 1.33 bits per heavy atom. The minimum absolute atomic E-state index is 0.148. The lowest BCUT2D eigenvalue weighted by Crippen LogP contribution is -2.57. The third-order valence-electron chi connectivity index (χ3n) is 5.08.